The Kier molecular flexibility index (Phi) is 7.41. The monoisotopic (exact) mass is 450 g/mol. The van der Waals surface area contributed by atoms with Crippen LogP contribution in [0.1, 0.15) is 11.1 Å². The third kappa shape index (κ3) is 5.34. The number of ether oxygens (including phenoxy) is 2. The van der Waals surface area contributed by atoms with Gasteiger partial charge in [-0.15, -0.1) is 11.8 Å². The molecule has 0 bridgehead atoms. The first kappa shape index (κ1) is 22.6. The number of nitrogens with one attached hydrogen (secondary N) is 1. The third-order valence-electron chi connectivity index (χ3n) is 4.88. The van der Waals surface area contributed by atoms with Crippen LogP contribution in [0.3, 0.4) is 0 Å². The topological polar surface area (TPSA) is 84.9 Å². The number of rotatable bonds is 7. The number of benzene rings is 2. The van der Waals surface area contributed by atoms with Crippen LogP contribution in [0, 0.1) is 13.8 Å². The van der Waals surface area contributed by atoms with Gasteiger partial charge in [-0.25, -0.2) is 8.42 Å². The molecule has 1 amide bonds. The first-order valence-corrected chi connectivity index (χ1v) is 12.0. The zero-order valence-electron chi connectivity index (χ0n) is 17.3. The van der Waals surface area contributed by atoms with E-state index >= 15 is 0 Å². The highest BCUT2D eigenvalue weighted by atomic mass is 32.2. The minimum absolute atomic E-state index is 0.0338. The van der Waals surface area contributed by atoms with E-state index in [9.17, 15) is 13.2 Å². The number of thioether (sulfide) groups is 1. The summed E-state index contributed by atoms with van der Waals surface area (Å²) in [5.41, 5.74) is 2.79. The second-order valence-electron chi connectivity index (χ2n) is 6.97. The minimum Gasteiger partial charge on any atom is -0.495 e. The number of sulfonamides is 1. The number of carbonyl (C=O) groups excluding carboxylic acids is 1. The molecule has 1 heterocycles. The highest BCUT2D eigenvalue weighted by Crippen LogP contribution is 2.30. The van der Waals surface area contributed by atoms with Gasteiger partial charge in [-0.05, 0) is 55.3 Å². The molecule has 1 aliphatic rings. The van der Waals surface area contributed by atoms with E-state index in [1.165, 1.54) is 40.4 Å². The lowest BCUT2D eigenvalue weighted by Gasteiger charge is -2.26. The summed E-state index contributed by atoms with van der Waals surface area (Å²) in [6.45, 7) is 5.36. The summed E-state index contributed by atoms with van der Waals surface area (Å²) in [5.74, 6) is 0.252. The van der Waals surface area contributed by atoms with Crippen LogP contribution in [-0.4, -0.2) is 57.8 Å². The second kappa shape index (κ2) is 9.82. The molecule has 1 fully saturated rings. The van der Waals surface area contributed by atoms with Crippen molar-refractivity contribution in [3.63, 3.8) is 0 Å². The number of methoxy groups -OCH3 is 1. The van der Waals surface area contributed by atoms with Gasteiger partial charge in [0.05, 0.1) is 26.1 Å². The zero-order chi connectivity index (χ0) is 21.7. The number of amides is 1. The maximum atomic E-state index is 13.0. The van der Waals surface area contributed by atoms with Crippen molar-refractivity contribution >= 4 is 33.4 Å². The van der Waals surface area contributed by atoms with Crippen LogP contribution < -0.4 is 10.1 Å². The molecular weight excluding hydrogens is 424 g/mol. The first-order valence-electron chi connectivity index (χ1n) is 9.57. The minimum atomic E-state index is -3.76. The zero-order valence-corrected chi connectivity index (χ0v) is 18.9. The van der Waals surface area contributed by atoms with Crippen molar-refractivity contribution in [3.8, 4) is 5.75 Å². The van der Waals surface area contributed by atoms with Crippen molar-refractivity contribution < 1.29 is 22.7 Å². The van der Waals surface area contributed by atoms with Crippen molar-refractivity contribution in [3.05, 3.63) is 47.5 Å². The van der Waals surface area contributed by atoms with Gasteiger partial charge in [0.15, 0.2) is 0 Å². The van der Waals surface area contributed by atoms with E-state index in [4.69, 9.17) is 9.47 Å². The molecule has 0 saturated carbocycles. The lowest BCUT2D eigenvalue weighted by molar-refractivity contribution is -0.113. The van der Waals surface area contributed by atoms with Crippen molar-refractivity contribution in [1.29, 1.82) is 0 Å². The molecule has 0 aliphatic carbocycles. The van der Waals surface area contributed by atoms with E-state index in [0.717, 1.165) is 4.90 Å². The molecule has 162 valence electrons. The Morgan fingerprint density at radius 1 is 1.13 bits per heavy atom. The summed E-state index contributed by atoms with van der Waals surface area (Å²) in [6, 6.07) is 10.7. The van der Waals surface area contributed by atoms with Crippen molar-refractivity contribution in [2.75, 3.05) is 44.5 Å². The van der Waals surface area contributed by atoms with Gasteiger partial charge in [-0.2, -0.15) is 4.31 Å². The summed E-state index contributed by atoms with van der Waals surface area (Å²) in [5, 5.41) is 2.78. The van der Waals surface area contributed by atoms with Crippen LogP contribution >= 0.6 is 11.8 Å². The Balaban J connectivity index is 1.72. The van der Waals surface area contributed by atoms with Crippen molar-refractivity contribution in [2.24, 2.45) is 0 Å². The van der Waals surface area contributed by atoms with Gasteiger partial charge >= 0.3 is 0 Å². The number of morpholine rings is 1. The van der Waals surface area contributed by atoms with Gasteiger partial charge < -0.3 is 14.8 Å². The second-order valence-corrected chi connectivity index (χ2v) is 9.92. The molecule has 0 atom stereocenters. The lowest BCUT2D eigenvalue weighted by Crippen LogP contribution is -2.40. The van der Waals surface area contributed by atoms with Gasteiger partial charge in [-0.1, -0.05) is 6.07 Å². The molecule has 2 aromatic carbocycles. The Labute approximate surface area is 181 Å². The number of nitrogens with zero attached hydrogens (tertiary/aromatic N) is 1. The Hall–Kier alpha value is -2.07. The molecule has 0 unspecified atom stereocenters. The average Bonchev–Trinajstić information content (AvgIpc) is 2.75. The highest BCUT2D eigenvalue weighted by Gasteiger charge is 2.29. The normalized spacial score (nSPS) is 15.0. The summed E-state index contributed by atoms with van der Waals surface area (Å²) in [6.07, 6.45) is 0. The Morgan fingerprint density at radius 2 is 1.87 bits per heavy atom. The van der Waals surface area contributed by atoms with E-state index < -0.39 is 10.0 Å². The summed E-state index contributed by atoms with van der Waals surface area (Å²) >= 11 is 1.43. The molecular formula is C21H26N2O5S2. The molecule has 0 radical (unpaired) electrons. The molecule has 3 rings (SSSR count). The molecule has 0 spiro atoms. The van der Waals surface area contributed by atoms with Crippen LogP contribution in [0.5, 0.6) is 5.75 Å². The molecule has 7 nitrogen and oxygen atoms in total. The number of anilines is 1. The molecule has 2 aromatic rings. The largest absolute Gasteiger partial charge is 0.495 e. The van der Waals surface area contributed by atoms with Crippen LogP contribution in [0.4, 0.5) is 5.69 Å². The molecule has 1 aliphatic heterocycles. The van der Waals surface area contributed by atoms with Crippen LogP contribution in [0.2, 0.25) is 0 Å². The highest BCUT2D eigenvalue weighted by molar-refractivity contribution is 8.00. The molecule has 1 saturated heterocycles. The quantitative estimate of drug-likeness (QED) is 0.653. The van der Waals surface area contributed by atoms with E-state index in [1.807, 2.05) is 32.0 Å². The van der Waals surface area contributed by atoms with Gasteiger partial charge in [0.25, 0.3) is 0 Å². The van der Waals surface area contributed by atoms with E-state index in [0.29, 0.717) is 18.9 Å². The maximum Gasteiger partial charge on any atom is 0.246 e. The number of aryl methyl sites for hydroxylation is 2. The Bertz CT molecular complexity index is 1020. The first-order chi connectivity index (χ1) is 14.3. The van der Waals surface area contributed by atoms with Crippen LogP contribution in [0.25, 0.3) is 0 Å². The predicted molar refractivity (Wildman–Crippen MR) is 118 cm³/mol. The number of hydrogen-bond donors (Lipinski definition) is 1. The smallest absolute Gasteiger partial charge is 0.246 e. The van der Waals surface area contributed by atoms with Crippen molar-refractivity contribution in [1.82, 2.24) is 4.31 Å². The fraction of sp³-hybridized carbons (Fsp3) is 0.381. The summed E-state index contributed by atoms with van der Waals surface area (Å²) in [7, 11) is -2.33. The van der Waals surface area contributed by atoms with Gasteiger partial charge in [0.2, 0.25) is 15.9 Å². The number of carbonyl (C=O) groups is 1. The van der Waals surface area contributed by atoms with E-state index in [-0.39, 0.29) is 35.4 Å². The standard InChI is InChI=1S/C21H26N2O5S2/c1-15-4-6-18(12-16(15)2)29-14-21(24)22-17-5-7-19(27-3)20(13-17)30(25,26)23-8-10-28-11-9-23/h4-7,12-13H,8-11,14H2,1-3H3,(H,22,24). The molecule has 30 heavy (non-hydrogen) atoms. The predicted octanol–water partition coefficient (Wildman–Crippen LogP) is 3.06. The molecule has 1 N–H and O–H groups in total. The van der Waals surface area contributed by atoms with E-state index in [1.54, 1.807) is 12.1 Å². The van der Waals surface area contributed by atoms with Gasteiger partial charge in [0.1, 0.15) is 10.6 Å². The molecule has 9 heteroatoms. The fourth-order valence-electron chi connectivity index (χ4n) is 3.03. The lowest BCUT2D eigenvalue weighted by atomic mass is 10.1. The summed E-state index contributed by atoms with van der Waals surface area (Å²) in [4.78, 5) is 13.5. The van der Waals surface area contributed by atoms with Gasteiger partial charge in [0, 0.05) is 23.7 Å². The summed E-state index contributed by atoms with van der Waals surface area (Å²) < 4.78 is 38.0. The van der Waals surface area contributed by atoms with Gasteiger partial charge in [-0.3, -0.25) is 4.79 Å². The Morgan fingerprint density at radius 3 is 2.53 bits per heavy atom. The van der Waals surface area contributed by atoms with Crippen LogP contribution in [0.15, 0.2) is 46.2 Å². The maximum absolute atomic E-state index is 13.0. The number of hydrogen-bond acceptors (Lipinski definition) is 6. The van der Waals surface area contributed by atoms with E-state index in [2.05, 4.69) is 5.32 Å². The fourth-order valence-corrected chi connectivity index (χ4v) is 5.42. The third-order valence-corrected chi connectivity index (χ3v) is 7.80. The van der Waals surface area contributed by atoms with Crippen LogP contribution in [-0.2, 0) is 19.6 Å². The molecule has 0 aromatic heterocycles. The average molecular weight is 451 g/mol. The SMILES string of the molecule is COc1ccc(NC(=O)CSc2ccc(C)c(C)c2)cc1S(=O)(=O)N1CCOCC1. The van der Waals surface area contributed by atoms with Crippen molar-refractivity contribution in [2.45, 2.75) is 23.6 Å².